The lowest BCUT2D eigenvalue weighted by atomic mass is 9.77. The Kier molecular flexibility index (Phi) is 3.70. The Morgan fingerprint density at radius 1 is 1.40 bits per heavy atom. The zero-order chi connectivity index (χ0) is 10.8. The molecule has 1 aromatic heterocycles. The molecule has 15 heavy (non-hydrogen) atoms. The van der Waals surface area contributed by atoms with E-state index in [1.165, 1.54) is 24.1 Å². The molecule has 3 unspecified atom stereocenters. The summed E-state index contributed by atoms with van der Waals surface area (Å²) in [6.45, 7) is 2.37. The van der Waals surface area contributed by atoms with Crippen LogP contribution in [-0.2, 0) is 0 Å². The first-order chi connectivity index (χ1) is 7.20. The second kappa shape index (κ2) is 4.86. The number of halogens is 1. The van der Waals surface area contributed by atoms with Crippen molar-refractivity contribution in [1.82, 2.24) is 5.32 Å². The van der Waals surface area contributed by atoms with Gasteiger partial charge in [-0.1, -0.05) is 18.5 Å². The second-order valence-electron chi connectivity index (χ2n) is 4.52. The van der Waals surface area contributed by atoms with E-state index in [-0.39, 0.29) is 0 Å². The Morgan fingerprint density at radius 2 is 2.20 bits per heavy atom. The molecule has 84 valence electrons. The van der Waals surface area contributed by atoms with E-state index in [0.29, 0.717) is 12.0 Å². The van der Waals surface area contributed by atoms with Gasteiger partial charge in [0.05, 0.1) is 4.34 Å². The maximum absolute atomic E-state index is 6.00. The molecule has 2 rings (SSSR count). The highest BCUT2D eigenvalue weighted by molar-refractivity contribution is 7.16. The first-order valence-corrected chi connectivity index (χ1v) is 6.82. The van der Waals surface area contributed by atoms with Crippen LogP contribution in [0, 0.1) is 5.92 Å². The van der Waals surface area contributed by atoms with Crippen molar-refractivity contribution in [3.63, 3.8) is 0 Å². The average Bonchev–Trinajstić information content (AvgIpc) is 2.65. The van der Waals surface area contributed by atoms with E-state index in [1.54, 1.807) is 11.3 Å². The summed E-state index contributed by atoms with van der Waals surface area (Å²) in [6, 6.07) is 4.91. The van der Waals surface area contributed by atoms with E-state index < -0.39 is 0 Å². The number of thiophene rings is 1. The normalized spacial score (nSPS) is 31.8. The lowest BCUT2D eigenvalue weighted by Gasteiger charge is -2.33. The maximum atomic E-state index is 6.00. The molecule has 0 saturated heterocycles. The zero-order valence-electron chi connectivity index (χ0n) is 9.29. The van der Waals surface area contributed by atoms with E-state index in [2.05, 4.69) is 25.4 Å². The Morgan fingerprint density at radius 3 is 2.80 bits per heavy atom. The van der Waals surface area contributed by atoms with Crippen molar-refractivity contribution >= 4 is 22.9 Å². The maximum Gasteiger partial charge on any atom is 0.0931 e. The summed E-state index contributed by atoms with van der Waals surface area (Å²) < 4.78 is 0.920. The van der Waals surface area contributed by atoms with Gasteiger partial charge in [0.1, 0.15) is 0 Å². The molecule has 0 aromatic carbocycles. The zero-order valence-corrected chi connectivity index (χ0v) is 10.9. The Bertz CT molecular complexity index is 323. The summed E-state index contributed by atoms with van der Waals surface area (Å²) in [5.74, 6) is 1.50. The van der Waals surface area contributed by atoms with Crippen LogP contribution in [0.5, 0.6) is 0 Å². The molecule has 0 spiro atoms. The highest BCUT2D eigenvalue weighted by Gasteiger charge is 2.28. The molecule has 3 heteroatoms. The van der Waals surface area contributed by atoms with Gasteiger partial charge in [0, 0.05) is 10.9 Å². The molecule has 0 aliphatic heterocycles. The number of rotatable bonds is 2. The topological polar surface area (TPSA) is 12.0 Å². The lowest BCUT2D eigenvalue weighted by molar-refractivity contribution is 0.280. The molecule has 1 heterocycles. The van der Waals surface area contributed by atoms with Crippen molar-refractivity contribution in [2.45, 2.75) is 38.1 Å². The Balaban J connectivity index is 2.12. The van der Waals surface area contributed by atoms with Crippen molar-refractivity contribution in [2.24, 2.45) is 5.92 Å². The van der Waals surface area contributed by atoms with Gasteiger partial charge >= 0.3 is 0 Å². The van der Waals surface area contributed by atoms with Gasteiger partial charge in [-0.15, -0.1) is 11.3 Å². The SMILES string of the molecule is CNC1CCC(C)C(c2ccc(Cl)s2)C1. The number of hydrogen-bond acceptors (Lipinski definition) is 2. The molecular formula is C12H18ClNS. The third kappa shape index (κ3) is 2.55. The fourth-order valence-corrected chi connectivity index (χ4v) is 3.82. The fraction of sp³-hybridized carbons (Fsp3) is 0.667. The largest absolute Gasteiger partial charge is 0.317 e. The van der Waals surface area contributed by atoms with Gasteiger partial charge in [-0.2, -0.15) is 0 Å². The standard InChI is InChI=1S/C12H18ClNS/c1-8-3-4-9(14-2)7-10(8)11-5-6-12(13)15-11/h5-6,8-10,14H,3-4,7H2,1-2H3. The third-order valence-electron chi connectivity index (χ3n) is 3.56. The first-order valence-electron chi connectivity index (χ1n) is 5.63. The van der Waals surface area contributed by atoms with Gasteiger partial charge in [0.25, 0.3) is 0 Å². The van der Waals surface area contributed by atoms with Crippen LogP contribution in [0.1, 0.15) is 37.0 Å². The van der Waals surface area contributed by atoms with Crippen LogP contribution in [0.25, 0.3) is 0 Å². The smallest absolute Gasteiger partial charge is 0.0931 e. The highest BCUT2D eigenvalue weighted by atomic mass is 35.5. The second-order valence-corrected chi connectivity index (χ2v) is 6.27. The van der Waals surface area contributed by atoms with Crippen LogP contribution in [0.2, 0.25) is 4.34 Å². The monoisotopic (exact) mass is 243 g/mol. The van der Waals surface area contributed by atoms with E-state index >= 15 is 0 Å². The van der Waals surface area contributed by atoms with Crippen LogP contribution in [0.4, 0.5) is 0 Å². The van der Waals surface area contributed by atoms with Crippen molar-refractivity contribution in [2.75, 3.05) is 7.05 Å². The molecule has 1 saturated carbocycles. The summed E-state index contributed by atoms with van der Waals surface area (Å²) in [4.78, 5) is 1.47. The number of hydrogen-bond donors (Lipinski definition) is 1. The molecule has 1 aromatic rings. The molecule has 0 bridgehead atoms. The van der Waals surface area contributed by atoms with Gasteiger partial charge in [-0.05, 0) is 50.3 Å². The lowest BCUT2D eigenvalue weighted by Crippen LogP contribution is -2.33. The van der Waals surface area contributed by atoms with Crippen LogP contribution >= 0.6 is 22.9 Å². The molecule has 0 radical (unpaired) electrons. The molecule has 1 aliphatic rings. The summed E-state index contributed by atoms with van der Waals surface area (Å²) in [6.07, 6.45) is 3.90. The van der Waals surface area contributed by atoms with Crippen molar-refractivity contribution in [3.8, 4) is 0 Å². The molecule has 1 aliphatic carbocycles. The quantitative estimate of drug-likeness (QED) is 0.831. The van der Waals surface area contributed by atoms with Gasteiger partial charge < -0.3 is 5.32 Å². The van der Waals surface area contributed by atoms with Crippen LogP contribution in [0.15, 0.2) is 12.1 Å². The van der Waals surface area contributed by atoms with Crippen molar-refractivity contribution in [1.29, 1.82) is 0 Å². The van der Waals surface area contributed by atoms with Gasteiger partial charge in [-0.3, -0.25) is 0 Å². The molecular weight excluding hydrogens is 226 g/mol. The van der Waals surface area contributed by atoms with E-state index in [9.17, 15) is 0 Å². The fourth-order valence-electron chi connectivity index (χ4n) is 2.51. The molecule has 1 fully saturated rings. The summed E-state index contributed by atoms with van der Waals surface area (Å²) in [5, 5.41) is 3.40. The van der Waals surface area contributed by atoms with Crippen LogP contribution in [0.3, 0.4) is 0 Å². The third-order valence-corrected chi connectivity index (χ3v) is 4.93. The average molecular weight is 244 g/mol. The predicted molar refractivity (Wildman–Crippen MR) is 67.9 cm³/mol. The molecule has 0 amide bonds. The van der Waals surface area contributed by atoms with Gasteiger partial charge in [0.2, 0.25) is 0 Å². The van der Waals surface area contributed by atoms with Crippen molar-refractivity contribution in [3.05, 3.63) is 21.3 Å². The summed E-state index contributed by atoms with van der Waals surface area (Å²) in [7, 11) is 2.07. The molecule has 1 N–H and O–H groups in total. The van der Waals surface area contributed by atoms with Gasteiger partial charge in [0.15, 0.2) is 0 Å². The molecule has 1 nitrogen and oxygen atoms in total. The van der Waals surface area contributed by atoms with E-state index in [1.807, 2.05) is 6.07 Å². The summed E-state index contributed by atoms with van der Waals surface area (Å²) in [5.41, 5.74) is 0. The predicted octanol–water partition coefficient (Wildman–Crippen LogP) is 3.89. The minimum atomic E-state index is 0.687. The van der Waals surface area contributed by atoms with Crippen molar-refractivity contribution < 1.29 is 0 Å². The minimum Gasteiger partial charge on any atom is -0.317 e. The minimum absolute atomic E-state index is 0.687. The molecule has 3 atom stereocenters. The first kappa shape index (κ1) is 11.4. The Hall–Kier alpha value is -0.0500. The van der Waals surface area contributed by atoms with E-state index in [0.717, 1.165) is 10.3 Å². The Labute approximate surface area is 101 Å². The summed E-state index contributed by atoms with van der Waals surface area (Å²) >= 11 is 7.75. The highest BCUT2D eigenvalue weighted by Crippen LogP contribution is 2.41. The number of nitrogens with one attached hydrogen (secondary N) is 1. The van der Waals surface area contributed by atoms with Crippen LogP contribution in [-0.4, -0.2) is 13.1 Å². The van der Waals surface area contributed by atoms with Gasteiger partial charge in [-0.25, -0.2) is 0 Å². The van der Waals surface area contributed by atoms with Crippen LogP contribution < -0.4 is 5.32 Å². The van der Waals surface area contributed by atoms with E-state index in [4.69, 9.17) is 11.6 Å².